The molecule has 0 radical (unpaired) electrons. The van der Waals surface area contributed by atoms with Crippen molar-refractivity contribution in [1.29, 1.82) is 0 Å². The van der Waals surface area contributed by atoms with Gasteiger partial charge in [0.15, 0.2) is 12.8 Å². The predicted octanol–water partition coefficient (Wildman–Crippen LogP) is 6.65. The summed E-state index contributed by atoms with van der Waals surface area (Å²) in [6.07, 6.45) is 3.86. The fourth-order valence-corrected chi connectivity index (χ4v) is 8.07. The number of phenolic OH excluding ortho intramolecular Hbond substituents is 1. The SMILES string of the molecule is CCC(C)[C@H](NC(=O)[C@H]1CCCCN1C)C(=O)N(COC(=O)CC(C)C)[C@H](C[C@@H](OC(C)=O)c1nc(C(=O)N[C@@H](Cc2ccc(O)cc2)CC(C)C)cs1)C(C)C. The smallest absolute Gasteiger partial charge is 0.307 e. The molecule has 1 aromatic carbocycles. The van der Waals surface area contributed by atoms with Crippen LogP contribution in [0.1, 0.15) is 134 Å². The Balaban J connectivity index is 1.95. The van der Waals surface area contributed by atoms with E-state index >= 15 is 0 Å². The number of phenols is 1. The minimum absolute atomic E-state index is 0.0419. The second-order valence-electron chi connectivity index (χ2n) is 16.8. The minimum atomic E-state index is -0.931. The molecule has 1 aliphatic rings. The Hall–Kier alpha value is -4.04. The summed E-state index contributed by atoms with van der Waals surface area (Å²) in [7, 11) is 1.92. The number of nitrogens with zero attached hydrogens (tertiary/aromatic N) is 3. The molecule has 0 saturated carbocycles. The molecule has 14 heteroatoms. The summed E-state index contributed by atoms with van der Waals surface area (Å²) in [6.45, 7) is 17.5. The lowest BCUT2D eigenvalue weighted by Crippen LogP contribution is -2.59. The van der Waals surface area contributed by atoms with Crippen LogP contribution in [0.25, 0.3) is 0 Å². The molecule has 2 aromatic rings. The number of aromatic nitrogens is 1. The van der Waals surface area contributed by atoms with Gasteiger partial charge >= 0.3 is 11.9 Å². The van der Waals surface area contributed by atoms with Gasteiger partial charge in [0, 0.05) is 37.2 Å². The molecule has 6 atom stereocenters. The molecular formula is C43H67N5O8S. The molecule has 1 aliphatic heterocycles. The van der Waals surface area contributed by atoms with Crippen LogP contribution in [0.15, 0.2) is 29.6 Å². The Kier molecular flexibility index (Phi) is 18.9. The van der Waals surface area contributed by atoms with Crippen LogP contribution in [0.2, 0.25) is 0 Å². The second kappa shape index (κ2) is 22.8. The number of likely N-dealkylation sites (tertiary alicyclic amines) is 1. The summed E-state index contributed by atoms with van der Waals surface area (Å²) in [4.78, 5) is 75.8. The van der Waals surface area contributed by atoms with E-state index in [1.54, 1.807) is 17.5 Å². The van der Waals surface area contributed by atoms with E-state index in [1.807, 2.05) is 65.6 Å². The first-order valence-electron chi connectivity index (χ1n) is 20.6. The molecule has 13 nitrogen and oxygen atoms in total. The van der Waals surface area contributed by atoms with E-state index in [1.165, 1.54) is 23.2 Å². The lowest BCUT2D eigenvalue weighted by Gasteiger charge is -2.39. The predicted molar refractivity (Wildman–Crippen MR) is 221 cm³/mol. The number of rotatable bonds is 21. The van der Waals surface area contributed by atoms with E-state index in [9.17, 15) is 29.1 Å². The van der Waals surface area contributed by atoms with Crippen molar-refractivity contribution in [3.63, 3.8) is 0 Å². The number of thiazole rings is 1. The number of amides is 3. The van der Waals surface area contributed by atoms with Gasteiger partial charge < -0.3 is 30.1 Å². The highest BCUT2D eigenvalue weighted by Gasteiger charge is 2.39. The van der Waals surface area contributed by atoms with Crippen molar-refractivity contribution < 1.29 is 38.6 Å². The van der Waals surface area contributed by atoms with Crippen LogP contribution in [0.5, 0.6) is 5.75 Å². The van der Waals surface area contributed by atoms with E-state index in [0.29, 0.717) is 30.2 Å². The van der Waals surface area contributed by atoms with Crippen LogP contribution < -0.4 is 10.6 Å². The zero-order valence-electron chi connectivity index (χ0n) is 35.7. The maximum Gasteiger partial charge on any atom is 0.307 e. The highest BCUT2D eigenvalue weighted by molar-refractivity contribution is 7.09. The van der Waals surface area contributed by atoms with Gasteiger partial charge in [0.1, 0.15) is 22.5 Å². The third-order valence-electron chi connectivity index (χ3n) is 10.5. The van der Waals surface area contributed by atoms with Crippen molar-refractivity contribution in [2.45, 2.75) is 144 Å². The maximum absolute atomic E-state index is 14.8. The molecule has 318 valence electrons. The second-order valence-corrected chi connectivity index (χ2v) is 17.7. The average molecular weight is 814 g/mol. The van der Waals surface area contributed by atoms with E-state index in [-0.39, 0.29) is 72.7 Å². The topological polar surface area (TPSA) is 167 Å². The Morgan fingerprint density at radius 1 is 0.982 bits per heavy atom. The summed E-state index contributed by atoms with van der Waals surface area (Å²) >= 11 is 1.19. The van der Waals surface area contributed by atoms with E-state index in [0.717, 1.165) is 31.4 Å². The van der Waals surface area contributed by atoms with Crippen molar-refractivity contribution in [3.8, 4) is 5.75 Å². The fraction of sp³-hybridized carbons (Fsp3) is 0.674. The van der Waals surface area contributed by atoms with Crippen LogP contribution in [0, 0.1) is 23.7 Å². The Morgan fingerprint density at radius 2 is 1.67 bits per heavy atom. The fourth-order valence-electron chi connectivity index (χ4n) is 7.23. The summed E-state index contributed by atoms with van der Waals surface area (Å²) < 4.78 is 11.6. The summed E-state index contributed by atoms with van der Waals surface area (Å²) in [5.74, 6) is -1.92. The van der Waals surface area contributed by atoms with Crippen molar-refractivity contribution in [2.24, 2.45) is 23.7 Å². The van der Waals surface area contributed by atoms with Crippen molar-refractivity contribution in [1.82, 2.24) is 25.4 Å². The summed E-state index contributed by atoms with van der Waals surface area (Å²) in [5, 5.41) is 17.9. The molecule has 0 aliphatic carbocycles. The number of nitrogens with one attached hydrogen (secondary N) is 2. The van der Waals surface area contributed by atoms with Crippen molar-refractivity contribution in [2.75, 3.05) is 20.3 Å². The Morgan fingerprint density at radius 3 is 2.25 bits per heavy atom. The van der Waals surface area contributed by atoms with Gasteiger partial charge in [-0.25, -0.2) is 4.98 Å². The number of piperidine rings is 1. The molecule has 3 amide bonds. The molecule has 57 heavy (non-hydrogen) atoms. The van der Waals surface area contributed by atoms with Gasteiger partial charge in [-0.3, -0.25) is 28.9 Å². The highest BCUT2D eigenvalue weighted by atomic mass is 32.1. The van der Waals surface area contributed by atoms with E-state index < -0.39 is 36.0 Å². The van der Waals surface area contributed by atoms with Gasteiger partial charge in [-0.15, -0.1) is 11.3 Å². The van der Waals surface area contributed by atoms with Gasteiger partial charge in [0.2, 0.25) is 11.8 Å². The maximum atomic E-state index is 14.8. The zero-order valence-corrected chi connectivity index (χ0v) is 36.5. The number of esters is 2. The number of ether oxygens (including phenoxy) is 2. The normalized spacial score (nSPS) is 17.4. The zero-order chi connectivity index (χ0) is 42.4. The molecule has 3 N–H and O–H groups in total. The number of hydrogen-bond donors (Lipinski definition) is 3. The summed E-state index contributed by atoms with van der Waals surface area (Å²) in [5.41, 5.74) is 1.15. The molecule has 3 rings (SSSR count). The van der Waals surface area contributed by atoms with Gasteiger partial charge in [-0.1, -0.05) is 80.4 Å². The van der Waals surface area contributed by atoms with Crippen LogP contribution in [0.4, 0.5) is 0 Å². The van der Waals surface area contributed by atoms with Crippen LogP contribution >= 0.6 is 11.3 Å². The van der Waals surface area contributed by atoms with E-state index in [4.69, 9.17) is 9.47 Å². The number of hydrogen-bond acceptors (Lipinski definition) is 11. The molecular weight excluding hydrogens is 747 g/mol. The quantitative estimate of drug-likeness (QED) is 0.0918. The minimum Gasteiger partial charge on any atom is -0.508 e. The van der Waals surface area contributed by atoms with Gasteiger partial charge in [-0.2, -0.15) is 0 Å². The molecule has 1 saturated heterocycles. The Labute approximate surface area is 343 Å². The average Bonchev–Trinajstić information content (AvgIpc) is 3.63. The molecule has 0 spiro atoms. The standard InChI is InChI=1S/C43H67N5O8S/c1-11-29(8)39(46-41(53)35-14-12-13-19-47(35)10)43(54)48(25-55-38(51)21-27(4)5)36(28(6)7)23-37(56-30(9)49)42-45-34(24-57-42)40(52)44-32(20-26(2)3)22-31-15-17-33(50)18-16-31/h15-18,24,26-29,32,35-37,39,50H,11-14,19-23,25H2,1-10H3,(H,44,52)(H,46,53)/t29?,32-,35-,36-,37-,39+/m1/s1. The third-order valence-corrected chi connectivity index (χ3v) is 11.5. The number of likely N-dealkylation sites (N-methyl/N-ethyl adjacent to an activating group) is 1. The lowest BCUT2D eigenvalue weighted by atomic mass is 9.92. The van der Waals surface area contributed by atoms with Gasteiger partial charge in [0.05, 0.1) is 6.04 Å². The van der Waals surface area contributed by atoms with Crippen LogP contribution in [-0.2, 0) is 35.1 Å². The third kappa shape index (κ3) is 15.0. The molecule has 1 aromatic heterocycles. The first kappa shape index (κ1) is 47.3. The molecule has 2 heterocycles. The summed E-state index contributed by atoms with van der Waals surface area (Å²) in [6, 6.07) is 4.83. The number of carbonyl (C=O) groups is 5. The van der Waals surface area contributed by atoms with E-state index in [2.05, 4.69) is 29.5 Å². The number of carbonyl (C=O) groups excluding carboxylic acids is 5. The van der Waals surface area contributed by atoms with Crippen molar-refractivity contribution in [3.05, 3.63) is 45.9 Å². The largest absolute Gasteiger partial charge is 0.508 e. The van der Waals surface area contributed by atoms with Crippen molar-refractivity contribution >= 4 is 41.0 Å². The lowest BCUT2D eigenvalue weighted by molar-refractivity contribution is -0.160. The van der Waals surface area contributed by atoms with Crippen LogP contribution in [0.3, 0.4) is 0 Å². The monoisotopic (exact) mass is 813 g/mol. The number of benzene rings is 1. The molecule has 1 fully saturated rings. The highest BCUT2D eigenvalue weighted by Crippen LogP contribution is 2.32. The molecule has 1 unspecified atom stereocenters. The van der Waals surface area contributed by atoms with Crippen LogP contribution in [-0.4, -0.2) is 94.0 Å². The Bertz CT molecular complexity index is 1610. The number of aromatic hydroxyl groups is 1. The van der Waals surface area contributed by atoms with Gasteiger partial charge in [0.25, 0.3) is 5.91 Å². The first-order valence-corrected chi connectivity index (χ1v) is 21.5. The molecule has 0 bridgehead atoms. The first-order chi connectivity index (χ1) is 26.9. The van der Waals surface area contributed by atoms with Gasteiger partial charge in [-0.05, 0) is 80.6 Å².